The first-order valence-corrected chi connectivity index (χ1v) is 12.0. The first kappa shape index (κ1) is 27.7. The van der Waals surface area contributed by atoms with Gasteiger partial charge in [-0.3, -0.25) is 9.59 Å². The Balaban J connectivity index is 1.99. The van der Waals surface area contributed by atoms with Gasteiger partial charge in [0.1, 0.15) is 11.8 Å². The van der Waals surface area contributed by atoms with E-state index in [1.54, 1.807) is 25.3 Å². The van der Waals surface area contributed by atoms with Crippen molar-refractivity contribution >= 4 is 41.2 Å². The summed E-state index contributed by atoms with van der Waals surface area (Å²) in [6, 6.07) is 12.0. The molecule has 2 atom stereocenters. The second-order valence-electron chi connectivity index (χ2n) is 9.63. The van der Waals surface area contributed by atoms with Gasteiger partial charge in [0.05, 0.1) is 11.2 Å². The topological polar surface area (TPSA) is 79.8 Å². The third-order valence-electron chi connectivity index (χ3n) is 5.07. The molecule has 0 heterocycles. The van der Waals surface area contributed by atoms with Gasteiger partial charge in [-0.25, -0.2) is 5.43 Å². The average Bonchev–Trinajstić information content (AvgIpc) is 2.74. The number of nitrogens with one attached hydrogen (secondary N) is 2. The Morgan fingerprint density at radius 1 is 1.03 bits per heavy atom. The lowest BCUT2D eigenvalue weighted by Gasteiger charge is -2.22. The summed E-state index contributed by atoms with van der Waals surface area (Å²) >= 11 is 12.0. The Morgan fingerprint density at radius 2 is 1.68 bits per heavy atom. The van der Waals surface area contributed by atoms with Gasteiger partial charge < -0.3 is 10.1 Å². The molecule has 0 aliphatic rings. The Bertz CT molecular complexity index is 1010. The molecule has 2 N–H and O–H groups in total. The van der Waals surface area contributed by atoms with E-state index < -0.39 is 24.0 Å². The van der Waals surface area contributed by atoms with Crippen molar-refractivity contribution in [2.75, 3.05) is 0 Å². The molecule has 0 saturated heterocycles. The normalized spacial score (nSPS) is 13.6. The number of hydrazone groups is 1. The van der Waals surface area contributed by atoms with Crippen LogP contribution in [0, 0.1) is 5.92 Å². The van der Waals surface area contributed by atoms with Crippen molar-refractivity contribution in [1.29, 1.82) is 0 Å². The van der Waals surface area contributed by atoms with E-state index in [1.165, 1.54) is 11.6 Å². The van der Waals surface area contributed by atoms with Crippen LogP contribution in [0.1, 0.15) is 59.1 Å². The number of ether oxygens (including phenoxy) is 1. The third-order valence-corrected chi connectivity index (χ3v) is 5.60. The summed E-state index contributed by atoms with van der Waals surface area (Å²) in [5, 5.41) is 7.58. The fourth-order valence-electron chi connectivity index (χ4n) is 3.12. The summed E-state index contributed by atoms with van der Waals surface area (Å²) in [5.74, 6) is -0.331. The molecule has 8 heteroatoms. The van der Waals surface area contributed by atoms with Gasteiger partial charge in [-0.1, -0.05) is 82.1 Å². The number of carbonyl (C=O) groups is 2. The first-order chi connectivity index (χ1) is 15.9. The van der Waals surface area contributed by atoms with Crippen LogP contribution in [-0.4, -0.2) is 30.2 Å². The van der Waals surface area contributed by atoms with Crippen molar-refractivity contribution in [3.8, 4) is 5.75 Å². The Kier molecular flexibility index (Phi) is 9.95. The van der Waals surface area contributed by atoms with Gasteiger partial charge in [-0.2, -0.15) is 5.10 Å². The SMILES string of the molecule is CC(C)C[C@@H](NC(=O)[C@H](C)Oc1ccc(Cl)cc1Cl)C(=O)N/N=C\c1ccc(C(C)(C)C)cc1. The number of benzene rings is 2. The Hall–Kier alpha value is -2.57. The summed E-state index contributed by atoms with van der Waals surface area (Å²) in [6.07, 6.45) is 1.15. The lowest BCUT2D eigenvalue weighted by atomic mass is 9.87. The average molecular weight is 506 g/mol. The minimum absolute atomic E-state index is 0.0614. The Morgan fingerprint density at radius 3 is 2.24 bits per heavy atom. The molecule has 0 fully saturated rings. The molecule has 0 saturated carbocycles. The molecule has 6 nitrogen and oxygen atoms in total. The van der Waals surface area contributed by atoms with Crippen LogP contribution < -0.4 is 15.5 Å². The monoisotopic (exact) mass is 505 g/mol. The van der Waals surface area contributed by atoms with Crippen LogP contribution >= 0.6 is 23.2 Å². The van der Waals surface area contributed by atoms with Crippen molar-refractivity contribution < 1.29 is 14.3 Å². The molecule has 0 aliphatic heterocycles. The smallest absolute Gasteiger partial charge is 0.262 e. The van der Waals surface area contributed by atoms with Crippen LogP contribution in [0.2, 0.25) is 10.0 Å². The summed E-state index contributed by atoms with van der Waals surface area (Å²) in [5.41, 5.74) is 4.66. The van der Waals surface area contributed by atoms with E-state index >= 15 is 0 Å². The molecule has 2 rings (SSSR count). The maximum absolute atomic E-state index is 12.7. The number of halogens is 2. The van der Waals surface area contributed by atoms with Crippen molar-refractivity contribution in [3.63, 3.8) is 0 Å². The number of hydrogen-bond acceptors (Lipinski definition) is 4. The third kappa shape index (κ3) is 8.65. The van der Waals surface area contributed by atoms with E-state index in [2.05, 4.69) is 36.6 Å². The molecule has 184 valence electrons. The summed E-state index contributed by atoms with van der Waals surface area (Å²) < 4.78 is 5.66. The zero-order valence-electron chi connectivity index (χ0n) is 20.5. The largest absolute Gasteiger partial charge is 0.479 e. The minimum atomic E-state index is -0.869. The highest BCUT2D eigenvalue weighted by Gasteiger charge is 2.25. The summed E-state index contributed by atoms with van der Waals surface area (Å²) in [6.45, 7) is 12.0. The lowest BCUT2D eigenvalue weighted by molar-refractivity contribution is -0.132. The van der Waals surface area contributed by atoms with Crippen molar-refractivity contribution in [2.45, 2.75) is 65.5 Å². The molecule has 0 radical (unpaired) electrons. The molecule has 0 aromatic heterocycles. The second-order valence-corrected chi connectivity index (χ2v) is 10.5. The predicted octanol–water partition coefficient (Wildman–Crippen LogP) is 5.74. The Labute approximate surface area is 212 Å². The van der Waals surface area contributed by atoms with Crippen LogP contribution in [0.25, 0.3) is 0 Å². The zero-order chi connectivity index (χ0) is 25.5. The fourth-order valence-corrected chi connectivity index (χ4v) is 3.58. The molecule has 0 unspecified atom stereocenters. The molecule has 2 aromatic carbocycles. The highest BCUT2D eigenvalue weighted by molar-refractivity contribution is 6.35. The van der Waals surface area contributed by atoms with Gasteiger partial charge in [0.2, 0.25) is 0 Å². The van der Waals surface area contributed by atoms with Gasteiger partial charge in [-0.05, 0) is 54.0 Å². The molecule has 2 aromatic rings. The van der Waals surface area contributed by atoms with E-state index in [1.807, 2.05) is 38.1 Å². The zero-order valence-corrected chi connectivity index (χ0v) is 22.0. The number of amides is 2. The molecule has 2 amide bonds. The molecule has 0 aliphatic carbocycles. The van der Waals surface area contributed by atoms with Crippen molar-refractivity contribution in [2.24, 2.45) is 11.0 Å². The highest BCUT2D eigenvalue weighted by atomic mass is 35.5. The molecule has 34 heavy (non-hydrogen) atoms. The van der Waals surface area contributed by atoms with Gasteiger partial charge in [0.15, 0.2) is 6.10 Å². The van der Waals surface area contributed by atoms with E-state index in [0.29, 0.717) is 22.2 Å². The van der Waals surface area contributed by atoms with E-state index in [0.717, 1.165) is 5.56 Å². The van der Waals surface area contributed by atoms with Crippen molar-refractivity contribution in [1.82, 2.24) is 10.7 Å². The minimum Gasteiger partial charge on any atom is -0.479 e. The lowest BCUT2D eigenvalue weighted by Crippen LogP contribution is -2.49. The van der Waals surface area contributed by atoms with Crippen LogP contribution in [0.5, 0.6) is 5.75 Å². The van der Waals surface area contributed by atoms with Crippen LogP contribution in [-0.2, 0) is 15.0 Å². The first-order valence-electron chi connectivity index (χ1n) is 11.2. The van der Waals surface area contributed by atoms with Gasteiger partial charge in [-0.15, -0.1) is 0 Å². The standard InChI is InChI=1S/C26H33Cl2N3O3/c1-16(2)13-22(30-24(32)17(3)34-23-12-11-20(27)14-21(23)28)25(33)31-29-15-18-7-9-19(10-8-18)26(4,5)6/h7-12,14-17,22H,13H2,1-6H3,(H,30,32)(H,31,33)/b29-15-/t17-,22+/m0/s1. The van der Waals surface area contributed by atoms with Crippen LogP contribution in [0.3, 0.4) is 0 Å². The number of hydrogen-bond donors (Lipinski definition) is 2. The maximum atomic E-state index is 12.7. The fraction of sp³-hybridized carbons (Fsp3) is 0.423. The van der Waals surface area contributed by atoms with Crippen LogP contribution in [0.15, 0.2) is 47.6 Å². The second kappa shape index (κ2) is 12.2. The van der Waals surface area contributed by atoms with Gasteiger partial charge in [0, 0.05) is 5.02 Å². The maximum Gasteiger partial charge on any atom is 0.262 e. The van der Waals surface area contributed by atoms with Gasteiger partial charge >= 0.3 is 0 Å². The molecular weight excluding hydrogens is 473 g/mol. The van der Waals surface area contributed by atoms with E-state index in [-0.39, 0.29) is 11.3 Å². The summed E-state index contributed by atoms with van der Waals surface area (Å²) in [7, 11) is 0. The predicted molar refractivity (Wildman–Crippen MR) is 139 cm³/mol. The number of carbonyl (C=O) groups excluding carboxylic acids is 2. The highest BCUT2D eigenvalue weighted by Crippen LogP contribution is 2.28. The van der Waals surface area contributed by atoms with Crippen LogP contribution in [0.4, 0.5) is 0 Å². The van der Waals surface area contributed by atoms with Gasteiger partial charge in [0.25, 0.3) is 11.8 Å². The van der Waals surface area contributed by atoms with Crippen molar-refractivity contribution in [3.05, 3.63) is 63.6 Å². The summed E-state index contributed by atoms with van der Waals surface area (Å²) in [4.78, 5) is 25.5. The molecule has 0 bridgehead atoms. The number of nitrogens with zero attached hydrogens (tertiary/aromatic N) is 1. The van der Waals surface area contributed by atoms with E-state index in [9.17, 15) is 9.59 Å². The quantitative estimate of drug-likeness (QED) is 0.336. The molecule has 0 spiro atoms. The molecular formula is C26H33Cl2N3O3. The number of rotatable bonds is 9. The van der Waals surface area contributed by atoms with E-state index in [4.69, 9.17) is 27.9 Å².